The largest absolute Gasteiger partial charge is 0.359 e. The number of halogens is 1. The Bertz CT molecular complexity index is 553. The fraction of sp³-hybridized carbons (Fsp3) is 0.588. The van der Waals surface area contributed by atoms with Crippen molar-refractivity contribution >= 4 is 23.5 Å². The van der Waals surface area contributed by atoms with E-state index in [0.29, 0.717) is 17.5 Å². The Morgan fingerprint density at radius 1 is 1.42 bits per heavy atom. The number of guanidine groups is 1. The SMILES string of the molecule is CN=C(NCCc1ccc(Cl)nc1)N1CCC(CC(=O)NC)CC1. The molecule has 6 nitrogen and oxygen atoms in total. The average molecular weight is 352 g/mol. The number of aromatic nitrogens is 1. The zero-order valence-corrected chi connectivity index (χ0v) is 15.1. The predicted molar refractivity (Wildman–Crippen MR) is 97.3 cm³/mol. The summed E-state index contributed by atoms with van der Waals surface area (Å²) in [5, 5.41) is 6.62. The highest BCUT2D eigenvalue weighted by molar-refractivity contribution is 6.29. The van der Waals surface area contributed by atoms with Gasteiger partial charge in [-0.1, -0.05) is 17.7 Å². The summed E-state index contributed by atoms with van der Waals surface area (Å²) in [6.45, 7) is 2.67. The van der Waals surface area contributed by atoms with Crippen molar-refractivity contribution in [3.8, 4) is 0 Å². The van der Waals surface area contributed by atoms with Crippen molar-refractivity contribution in [2.24, 2.45) is 10.9 Å². The van der Waals surface area contributed by atoms with E-state index in [1.807, 2.05) is 19.2 Å². The molecule has 2 rings (SSSR count). The second-order valence-electron chi connectivity index (χ2n) is 6.02. The number of rotatable bonds is 5. The molecule has 0 atom stereocenters. The molecule has 0 aliphatic carbocycles. The van der Waals surface area contributed by atoms with Crippen LogP contribution in [0, 0.1) is 5.92 Å². The zero-order chi connectivity index (χ0) is 17.4. The molecule has 24 heavy (non-hydrogen) atoms. The van der Waals surface area contributed by atoms with Crippen LogP contribution in [0.25, 0.3) is 0 Å². The minimum absolute atomic E-state index is 0.132. The van der Waals surface area contributed by atoms with Crippen LogP contribution in [0.5, 0.6) is 0 Å². The van der Waals surface area contributed by atoms with Gasteiger partial charge in [0.15, 0.2) is 5.96 Å². The van der Waals surface area contributed by atoms with Gasteiger partial charge in [-0.2, -0.15) is 0 Å². The monoisotopic (exact) mass is 351 g/mol. The van der Waals surface area contributed by atoms with Gasteiger partial charge in [0.2, 0.25) is 5.91 Å². The van der Waals surface area contributed by atoms with Crippen LogP contribution in [-0.4, -0.2) is 55.5 Å². The Balaban J connectivity index is 1.74. The number of pyridine rings is 1. The molecule has 1 aliphatic rings. The third kappa shape index (κ3) is 5.67. The Labute approximate surface area is 148 Å². The number of hydrogen-bond acceptors (Lipinski definition) is 3. The lowest BCUT2D eigenvalue weighted by atomic mass is 9.93. The molecule has 132 valence electrons. The second kappa shape index (κ2) is 9.47. The summed E-state index contributed by atoms with van der Waals surface area (Å²) < 4.78 is 0. The number of carbonyl (C=O) groups is 1. The number of piperidine rings is 1. The molecule has 1 aliphatic heterocycles. The van der Waals surface area contributed by atoms with Gasteiger partial charge in [-0.25, -0.2) is 4.98 Å². The van der Waals surface area contributed by atoms with Crippen molar-refractivity contribution in [2.45, 2.75) is 25.7 Å². The smallest absolute Gasteiger partial charge is 0.220 e. The van der Waals surface area contributed by atoms with E-state index < -0.39 is 0 Å². The van der Waals surface area contributed by atoms with Crippen molar-refractivity contribution < 1.29 is 4.79 Å². The van der Waals surface area contributed by atoms with Crippen molar-refractivity contribution in [1.82, 2.24) is 20.5 Å². The molecule has 0 unspecified atom stereocenters. The molecule has 1 aromatic heterocycles. The lowest BCUT2D eigenvalue weighted by Gasteiger charge is -2.34. The van der Waals surface area contributed by atoms with E-state index in [-0.39, 0.29) is 5.91 Å². The van der Waals surface area contributed by atoms with E-state index in [4.69, 9.17) is 11.6 Å². The van der Waals surface area contributed by atoms with E-state index in [1.54, 1.807) is 13.2 Å². The first-order chi connectivity index (χ1) is 11.6. The number of likely N-dealkylation sites (tertiary alicyclic amines) is 1. The van der Waals surface area contributed by atoms with E-state index in [2.05, 4.69) is 25.5 Å². The highest BCUT2D eigenvalue weighted by Crippen LogP contribution is 2.20. The highest BCUT2D eigenvalue weighted by atomic mass is 35.5. The van der Waals surface area contributed by atoms with Gasteiger partial charge in [-0.3, -0.25) is 9.79 Å². The molecule has 0 bridgehead atoms. The second-order valence-corrected chi connectivity index (χ2v) is 6.41. The van der Waals surface area contributed by atoms with Crippen molar-refractivity contribution in [1.29, 1.82) is 0 Å². The molecular formula is C17H26ClN5O. The van der Waals surface area contributed by atoms with E-state index in [1.165, 1.54) is 0 Å². The molecule has 1 fully saturated rings. The molecule has 1 aromatic rings. The number of amides is 1. The Kier molecular flexibility index (Phi) is 7.31. The standard InChI is InChI=1S/C17H26ClN5O/c1-19-16(24)11-13-6-9-23(10-7-13)17(20-2)21-8-5-14-3-4-15(18)22-12-14/h3-4,12-13H,5-11H2,1-2H3,(H,19,24)(H,20,21). The summed E-state index contributed by atoms with van der Waals surface area (Å²) in [6.07, 6.45) is 5.34. The Hall–Kier alpha value is -1.82. The number of carbonyl (C=O) groups excluding carboxylic acids is 1. The molecule has 0 radical (unpaired) electrons. The van der Waals surface area contributed by atoms with Crippen LogP contribution < -0.4 is 10.6 Å². The lowest BCUT2D eigenvalue weighted by Crippen LogP contribution is -2.46. The normalized spacial score (nSPS) is 16.1. The third-order valence-electron chi connectivity index (χ3n) is 4.36. The van der Waals surface area contributed by atoms with Gasteiger partial charge in [0.25, 0.3) is 0 Å². The first-order valence-electron chi connectivity index (χ1n) is 8.39. The Morgan fingerprint density at radius 2 is 2.17 bits per heavy atom. The van der Waals surface area contributed by atoms with Gasteiger partial charge in [-0.05, 0) is 36.8 Å². The average Bonchev–Trinajstić information content (AvgIpc) is 2.61. The summed E-state index contributed by atoms with van der Waals surface area (Å²) in [4.78, 5) is 22.2. The molecular weight excluding hydrogens is 326 g/mol. The maximum absolute atomic E-state index is 11.5. The third-order valence-corrected chi connectivity index (χ3v) is 4.59. The predicted octanol–water partition coefficient (Wildman–Crippen LogP) is 1.70. The van der Waals surface area contributed by atoms with Crippen LogP contribution in [0.4, 0.5) is 0 Å². The van der Waals surface area contributed by atoms with Gasteiger partial charge in [0.05, 0.1) is 0 Å². The first-order valence-corrected chi connectivity index (χ1v) is 8.76. The lowest BCUT2D eigenvalue weighted by molar-refractivity contribution is -0.121. The Morgan fingerprint density at radius 3 is 2.75 bits per heavy atom. The van der Waals surface area contributed by atoms with E-state index >= 15 is 0 Å². The minimum Gasteiger partial charge on any atom is -0.359 e. The molecule has 0 saturated carbocycles. The number of hydrogen-bond donors (Lipinski definition) is 2. The topological polar surface area (TPSA) is 69.6 Å². The fourth-order valence-electron chi connectivity index (χ4n) is 2.92. The molecule has 0 spiro atoms. The van der Waals surface area contributed by atoms with Crippen molar-refractivity contribution in [3.05, 3.63) is 29.0 Å². The maximum Gasteiger partial charge on any atom is 0.220 e. The van der Waals surface area contributed by atoms with Crippen LogP contribution in [0.3, 0.4) is 0 Å². The summed E-state index contributed by atoms with van der Waals surface area (Å²) in [6, 6.07) is 3.80. The summed E-state index contributed by atoms with van der Waals surface area (Å²) in [7, 11) is 3.50. The molecule has 2 N–H and O–H groups in total. The van der Waals surface area contributed by atoms with Crippen LogP contribution in [0.1, 0.15) is 24.8 Å². The number of nitrogens with one attached hydrogen (secondary N) is 2. The van der Waals surface area contributed by atoms with Gasteiger partial charge in [0, 0.05) is 46.3 Å². The van der Waals surface area contributed by atoms with Crippen LogP contribution in [-0.2, 0) is 11.2 Å². The first kappa shape index (κ1) is 18.5. The van der Waals surface area contributed by atoms with E-state index in [0.717, 1.165) is 50.4 Å². The van der Waals surface area contributed by atoms with Crippen LogP contribution in [0.15, 0.2) is 23.3 Å². The van der Waals surface area contributed by atoms with Gasteiger partial charge in [0.1, 0.15) is 5.15 Å². The minimum atomic E-state index is 0.132. The van der Waals surface area contributed by atoms with Crippen LogP contribution >= 0.6 is 11.6 Å². The highest BCUT2D eigenvalue weighted by Gasteiger charge is 2.22. The van der Waals surface area contributed by atoms with E-state index in [9.17, 15) is 4.79 Å². The number of nitrogens with zero attached hydrogens (tertiary/aromatic N) is 3. The fourth-order valence-corrected chi connectivity index (χ4v) is 3.03. The molecule has 1 amide bonds. The molecule has 2 heterocycles. The zero-order valence-electron chi connectivity index (χ0n) is 14.4. The summed E-state index contributed by atoms with van der Waals surface area (Å²) in [5.41, 5.74) is 1.15. The maximum atomic E-state index is 11.5. The van der Waals surface area contributed by atoms with Crippen LogP contribution in [0.2, 0.25) is 5.15 Å². The van der Waals surface area contributed by atoms with Gasteiger partial charge in [-0.15, -0.1) is 0 Å². The summed E-state index contributed by atoms with van der Waals surface area (Å²) in [5.74, 6) is 1.53. The molecule has 7 heteroatoms. The van der Waals surface area contributed by atoms with Gasteiger partial charge >= 0.3 is 0 Å². The van der Waals surface area contributed by atoms with Gasteiger partial charge < -0.3 is 15.5 Å². The molecule has 0 aromatic carbocycles. The number of aliphatic imine (C=N–C) groups is 1. The quantitative estimate of drug-likeness (QED) is 0.481. The molecule has 1 saturated heterocycles. The van der Waals surface area contributed by atoms with Crippen molar-refractivity contribution in [2.75, 3.05) is 33.7 Å². The summed E-state index contributed by atoms with van der Waals surface area (Å²) >= 11 is 5.80. The van der Waals surface area contributed by atoms with Crippen molar-refractivity contribution in [3.63, 3.8) is 0 Å².